The number of furan rings is 1. The summed E-state index contributed by atoms with van der Waals surface area (Å²) < 4.78 is 6.37. The molecule has 0 unspecified atom stereocenters. The Morgan fingerprint density at radius 2 is 0.837 bits per heavy atom. The number of fused-ring (bicyclic) bond motifs is 7. The fraction of sp³-hybridized carbons (Fsp3) is 0. The Morgan fingerprint density at radius 3 is 1.59 bits per heavy atom. The molecule has 4 nitrogen and oxygen atoms in total. The first-order valence-corrected chi connectivity index (χ1v) is 16.4. The van der Waals surface area contributed by atoms with E-state index in [1.54, 1.807) is 0 Å². The standard InChI is InChI=1S/C45H27N3O/c1-2-11-29(12-3-1)43-46-44(33-19-18-28-10-4-5-13-30(28)24-33)48-45(47-43)34-21-23-42-40(27-34)39-26-32(20-22-41(39)49-42)38-25-31-14-6-7-15-35(31)36-16-8-9-17-37(36)38/h1-27H. The van der Waals surface area contributed by atoms with Crippen LogP contribution in [0.1, 0.15) is 0 Å². The molecule has 49 heavy (non-hydrogen) atoms. The molecule has 0 saturated heterocycles. The van der Waals surface area contributed by atoms with E-state index < -0.39 is 0 Å². The van der Waals surface area contributed by atoms with Crippen LogP contribution < -0.4 is 0 Å². The third-order valence-electron chi connectivity index (χ3n) is 9.48. The molecule has 10 aromatic rings. The van der Waals surface area contributed by atoms with E-state index in [0.717, 1.165) is 49.6 Å². The van der Waals surface area contributed by atoms with Crippen LogP contribution in [0.4, 0.5) is 0 Å². The quantitative estimate of drug-likeness (QED) is 0.183. The number of benzene rings is 8. The summed E-state index contributed by atoms with van der Waals surface area (Å²) in [6.45, 7) is 0. The first-order chi connectivity index (χ1) is 24.2. The molecule has 0 radical (unpaired) electrons. The van der Waals surface area contributed by atoms with Gasteiger partial charge in [0.25, 0.3) is 0 Å². The molecule has 0 aliphatic carbocycles. The second kappa shape index (κ2) is 11.0. The molecule has 0 aliphatic heterocycles. The minimum absolute atomic E-state index is 0.616. The Hall–Kier alpha value is -6.65. The lowest BCUT2D eigenvalue weighted by molar-refractivity contribution is 0.669. The van der Waals surface area contributed by atoms with Crippen molar-refractivity contribution < 1.29 is 4.42 Å². The molecule has 0 amide bonds. The van der Waals surface area contributed by atoms with Crippen LogP contribution in [0.5, 0.6) is 0 Å². The van der Waals surface area contributed by atoms with Gasteiger partial charge in [0.15, 0.2) is 17.5 Å². The lowest BCUT2D eigenvalue weighted by Gasteiger charge is -2.11. The predicted molar refractivity (Wildman–Crippen MR) is 201 cm³/mol. The number of rotatable bonds is 4. The van der Waals surface area contributed by atoms with Gasteiger partial charge in [0, 0.05) is 27.5 Å². The van der Waals surface area contributed by atoms with Crippen molar-refractivity contribution in [3.8, 4) is 45.3 Å². The summed E-state index contributed by atoms with van der Waals surface area (Å²) in [5.41, 5.74) is 6.81. The Bertz CT molecular complexity index is 2890. The zero-order valence-corrected chi connectivity index (χ0v) is 26.3. The van der Waals surface area contributed by atoms with Gasteiger partial charge in [-0.05, 0) is 85.9 Å². The maximum absolute atomic E-state index is 6.37. The van der Waals surface area contributed by atoms with Crippen LogP contribution in [0.15, 0.2) is 168 Å². The highest BCUT2D eigenvalue weighted by atomic mass is 16.3. The molecule has 0 bridgehead atoms. The summed E-state index contributed by atoms with van der Waals surface area (Å²) in [6, 6.07) is 57.1. The number of hydrogen-bond acceptors (Lipinski definition) is 4. The fourth-order valence-electron chi connectivity index (χ4n) is 7.06. The third-order valence-corrected chi connectivity index (χ3v) is 9.48. The predicted octanol–water partition coefficient (Wildman–Crippen LogP) is 11.9. The Kier molecular flexibility index (Phi) is 6.15. The van der Waals surface area contributed by atoms with Gasteiger partial charge in [-0.1, -0.05) is 121 Å². The molecule has 228 valence electrons. The summed E-state index contributed by atoms with van der Waals surface area (Å²) in [5.74, 6) is 1.89. The van der Waals surface area contributed by atoms with Crippen molar-refractivity contribution in [1.29, 1.82) is 0 Å². The minimum atomic E-state index is 0.616. The Morgan fingerprint density at radius 1 is 0.306 bits per heavy atom. The number of aromatic nitrogens is 3. The maximum Gasteiger partial charge on any atom is 0.164 e. The third kappa shape index (κ3) is 4.65. The van der Waals surface area contributed by atoms with Crippen LogP contribution in [0.3, 0.4) is 0 Å². The fourth-order valence-corrected chi connectivity index (χ4v) is 7.06. The Labute approximate surface area is 282 Å². The van der Waals surface area contributed by atoms with Gasteiger partial charge in [-0.2, -0.15) is 0 Å². The van der Waals surface area contributed by atoms with Crippen molar-refractivity contribution in [2.45, 2.75) is 0 Å². The second-order valence-corrected chi connectivity index (χ2v) is 12.4. The van der Waals surface area contributed by atoms with Crippen molar-refractivity contribution in [3.05, 3.63) is 164 Å². The summed E-state index contributed by atoms with van der Waals surface area (Å²) >= 11 is 0. The first kappa shape index (κ1) is 27.5. The molecular weight excluding hydrogens is 599 g/mol. The Balaban J connectivity index is 1.15. The molecule has 0 aliphatic rings. The molecule has 0 saturated carbocycles. The molecule has 4 heteroatoms. The van der Waals surface area contributed by atoms with E-state index in [4.69, 9.17) is 19.4 Å². The SMILES string of the molecule is c1ccc(-c2nc(-c3ccc4ccccc4c3)nc(-c3ccc4oc5ccc(-c6cc7ccccc7c7ccccc67)cc5c4c3)n2)cc1. The molecule has 0 atom stereocenters. The van der Waals surface area contributed by atoms with Crippen molar-refractivity contribution in [2.75, 3.05) is 0 Å². The molecular formula is C45H27N3O. The maximum atomic E-state index is 6.37. The molecule has 0 spiro atoms. The van der Waals surface area contributed by atoms with Crippen LogP contribution in [-0.2, 0) is 0 Å². The van der Waals surface area contributed by atoms with E-state index in [2.05, 4.69) is 121 Å². The summed E-state index contributed by atoms with van der Waals surface area (Å²) in [7, 11) is 0. The molecule has 0 fully saturated rings. The van der Waals surface area contributed by atoms with Gasteiger partial charge in [0.05, 0.1) is 0 Å². The van der Waals surface area contributed by atoms with Crippen molar-refractivity contribution in [1.82, 2.24) is 15.0 Å². The van der Waals surface area contributed by atoms with Gasteiger partial charge in [-0.25, -0.2) is 15.0 Å². The molecule has 10 rings (SSSR count). The van der Waals surface area contributed by atoms with Gasteiger partial charge in [-0.3, -0.25) is 0 Å². The molecule has 2 heterocycles. The summed E-state index contributed by atoms with van der Waals surface area (Å²) in [6.07, 6.45) is 0. The van der Waals surface area contributed by atoms with Gasteiger partial charge in [0.2, 0.25) is 0 Å². The summed E-state index contributed by atoms with van der Waals surface area (Å²) in [5, 5.41) is 9.36. The average molecular weight is 626 g/mol. The zero-order chi connectivity index (χ0) is 32.3. The largest absolute Gasteiger partial charge is 0.456 e. The topological polar surface area (TPSA) is 51.8 Å². The highest BCUT2D eigenvalue weighted by Crippen LogP contribution is 2.39. The van der Waals surface area contributed by atoms with Gasteiger partial charge in [0.1, 0.15) is 11.2 Å². The lowest BCUT2D eigenvalue weighted by Crippen LogP contribution is -2.00. The van der Waals surface area contributed by atoms with Gasteiger partial charge in [-0.15, -0.1) is 0 Å². The van der Waals surface area contributed by atoms with Crippen LogP contribution in [0.2, 0.25) is 0 Å². The van der Waals surface area contributed by atoms with E-state index in [0.29, 0.717) is 17.5 Å². The second-order valence-electron chi connectivity index (χ2n) is 12.4. The monoisotopic (exact) mass is 625 g/mol. The number of nitrogens with zero attached hydrogens (tertiary/aromatic N) is 3. The lowest BCUT2D eigenvalue weighted by atomic mass is 9.92. The number of hydrogen-bond donors (Lipinski definition) is 0. The van der Waals surface area contributed by atoms with E-state index in [1.165, 1.54) is 32.5 Å². The minimum Gasteiger partial charge on any atom is -0.456 e. The zero-order valence-electron chi connectivity index (χ0n) is 26.3. The normalized spacial score (nSPS) is 11.7. The summed E-state index contributed by atoms with van der Waals surface area (Å²) in [4.78, 5) is 15.0. The van der Waals surface area contributed by atoms with Gasteiger partial charge >= 0.3 is 0 Å². The van der Waals surface area contributed by atoms with Crippen molar-refractivity contribution >= 4 is 54.3 Å². The van der Waals surface area contributed by atoms with Crippen molar-refractivity contribution in [2.24, 2.45) is 0 Å². The highest BCUT2D eigenvalue weighted by molar-refractivity contribution is 6.15. The van der Waals surface area contributed by atoms with E-state index in [1.807, 2.05) is 42.5 Å². The highest BCUT2D eigenvalue weighted by Gasteiger charge is 2.16. The van der Waals surface area contributed by atoms with E-state index >= 15 is 0 Å². The molecule has 8 aromatic carbocycles. The van der Waals surface area contributed by atoms with Crippen LogP contribution in [-0.4, -0.2) is 15.0 Å². The van der Waals surface area contributed by atoms with Crippen LogP contribution >= 0.6 is 0 Å². The molecule has 0 N–H and O–H groups in total. The van der Waals surface area contributed by atoms with Crippen LogP contribution in [0.25, 0.3) is 99.5 Å². The van der Waals surface area contributed by atoms with E-state index in [9.17, 15) is 0 Å². The van der Waals surface area contributed by atoms with Crippen LogP contribution in [0, 0.1) is 0 Å². The molecule has 2 aromatic heterocycles. The first-order valence-electron chi connectivity index (χ1n) is 16.4. The van der Waals surface area contributed by atoms with Gasteiger partial charge < -0.3 is 4.42 Å². The average Bonchev–Trinajstić information content (AvgIpc) is 3.55. The smallest absolute Gasteiger partial charge is 0.164 e. The van der Waals surface area contributed by atoms with E-state index in [-0.39, 0.29) is 0 Å². The van der Waals surface area contributed by atoms with Crippen molar-refractivity contribution in [3.63, 3.8) is 0 Å².